The Bertz CT molecular complexity index is 823. The third-order valence-corrected chi connectivity index (χ3v) is 14.2. The number of hydrogen-bond acceptors (Lipinski definition) is 2. The van der Waals surface area contributed by atoms with Crippen molar-refractivity contribution in [1.29, 1.82) is 0 Å². The molecule has 0 heterocycles. The summed E-state index contributed by atoms with van der Waals surface area (Å²) in [6, 6.07) is 18.3. The summed E-state index contributed by atoms with van der Waals surface area (Å²) < 4.78 is 0. The molecule has 0 aliphatic rings. The van der Waals surface area contributed by atoms with E-state index in [4.69, 9.17) is 0 Å². The summed E-state index contributed by atoms with van der Waals surface area (Å²) in [5, 5.41) is 4.60. The van der Waals surface area contributed by atoms with Gasteiger partial charge in [0.1, 0.15) is 0 Å². The maximum absolute atomic E-state index is 4.26. The molecule has 0 N–H and O–H groups in total. The normalized spacial score (nSPS) is 12.4. The molecular weight excluding hydrogens is 568 g/mol. The fourth-order valence-electron chi connectivity index (χ4n) is 5.83. The SMILES string of the molecule is CN(C)c1ccc([PH+](C(C)(C)C)C(C)(C)C)cc1.CN(C)c1ccc([PH+](C(C)(C)C)C(C)(C)C)cc1.[Cl][Ni]. The van der Waals surface area contributed by atoms with Crippen molar-refractivity contribution in [3.8, 4) is 0 Å². The molecule has 0 radical (unpaired) electrons. The summed E-state index contributed by atoms with van der Waals surface area (Å²) >= 11 is 3.35. The van der Waals surface area contributed by atoms with Crippen LogP contribution >= 0.6 is 26.0 Å². The summed E-state index contributed by atoms with van der Waals surface area (Å²) in [6.07, 6.45) is 0. The van der Waals surface area contributed by atoms with Gasteiger partial charge in [0.2, 0.25) is 0 Å². The number of halogens is 1. The van der Waals surface area contributed by atoms with Crippen molar-refractivity contribution in [2.75, 3.05) is 38.0 Å². The fourth-order valence-corrected chi connectivity index (χ4v) is 14.8. The number of anilines is 2. The van der Waals surface area contributed by atoms with Crippen molar-refractivity contribution in [3.63, 3.8) is 0 Å². The van der Waals surface area contributed by atoms with Crippen LogP contribution in [-0.4, -0.2) is 48.8 Å². The second kappa shape index (κ2) is 15.1. The molecule has 0 aliphatic carbocycles. The average Bonchev–Trinajstić information content (AvgIpc) is 2.72. The van der Waals surface area contributed by atoms with Crippen molar-refractivity contribution >= 4 is 48.0 Å². The maximum atomic E-state index is 4.26. The van der Waals surface area contributed by atoms with E-state index >= 15 is 0 Å². The first-order valence-corrected chi connectivity index (χ1v) is 17.9. The summed E-state index contributed by atoms with van der Waals surface area (Å²) in [4.78, 5) is 4.31. The molecule has 0 saturated carbocycles. The number of rotatable bonds is 4. The zero-order valence-electron chi connectivity index (χ0n) is 27.2. The minimum atomic E-state index is -0.614. The van der Waals surface area contributed by atoms with Gasteiger partial charge in [-0.05, 0) is 132 Å². The topological polar surface area (TPSA) is 6.48 Å². The second-order valence-electron chi connectivity index (χ2n) is 14.6. The van der Waals surface area contributed by atoms with Crippen molar-refractivity contribution in [1.82, 2.24) is 0 Å². The van der Waals surface area contributed by atoms with Crippen LogP contribution < -0.4 is 20.4 Å². The van der Waals surface area contributed by atoms with Crippen LogP contribution in [0, 0.1) is 0 Å². The number of hydrogen-bond donors (Lipinski definition) is 0. The van der Waals surface area contributed by atoms with E-state index in [0.29, 0.717) is 20.6 Å². The molecule has 0 atom stereocenters. The Morgan fingerprint density at radius 2 is 0.632 bits per heavy atom. The van der Waals surface area contributed by atoms with Gasteiger partial charge in [-0.2, -0.15) is 0 Å². The first kappa shape index (κ1) is 37.7. The predicted molar refractivity (Wildman–Crippen MR) is 182 cm³/mol. The first-order valence-electron chi connectivity index (χ1n) is 13.5. The molecule has 0 aromatic heterocycles. The fraction of sp³-hybridized carbons (Fsp3) is 0.625. The summed E-state index contributed by atoms with van der Waals surface area (Å²) in [6.45, 7) is 28.6. The molecule has 0 saturated heterocycles. The Balaban J connectivity index is 0.000000676. The molecule has 0 unspecified atom stereocenters. The van der Waals surface area contributed by atoms with Gasteiger partial charge in [-0.25, -0.2) is 0 Å². The molecule has 0 fully saturated rings. The molecular formula is C32H58ClN2NiP2+2. The predicted octanol–water partition coefficient (Wildman–Crippen LogP) is 9.07. The summed E-state index contributed by atoms with van der Waals surface area (Å²) in [7, 11) is 11.4. The second-order valence-corrected chi connectivity index (χ2v) is 23.3. The Morgan fingerprint density at radius 3 is 0.763 bits per heavy atom. The van der Waals surface area contributed by atoms with Gasteiger partial charge in [-0.15, -0.1) is 0 Å². The number of nitrogens with zero attached hydrogens (tertiary/aromatic N) is 2. The summed E-state index contributed by atoms with van der Waals surface area (Å²) in [5.41, 5.74) is 2.56. The monoisotopic (exact) mass is 625 g/mol. The van der Waals surface area contributed by atoms with Gasteiger partial charge in [0.05, 0.1) is 31.2 Å². The van der Waals surface area contributed by atoms with Gasteiger partial charge >= 0.3 is 24.8 Å². The molecule has 221 valence electrons. The molecule has 38 heavy (non-hydrogen) atoms. The van der Waals surface area contributed by atoms with Gasteiger partial charge < -0.3 is 9.80 Å². The molecule has 0 aliphatic heterocycles. The molecule has 6 heteroatoms. The van der Waals surface area contributed by atoms with E-state index in [1.807, 2.05) is 0 Å². The average molecular weight is 627 g/mol. The van der Waals surface area contributed by atoms with E-state index in [1.54, 1.807) is 10.6 Å². The molecule has 0 bridgehead atoms. The third kappa shape index (κ3) is 12.1. The van der Waals surface area contributed by atoms with Crippen LogP contribution in [0.15, 0.2) is 48.5 Å². The van der Waals surface area contributed by atoms with E-state index in [0.717, 1.165) is 0 Å². The molecule has 0 amide bonds. The van der Waals surface area contributed by atoms with Crippen molar-refractivity contribution in [3.05, 3.63) is 48.5 Å². The minimum absolute atomic E-state index is 0.378. The number of benzene rings is 2. The Labute approximate surface area is 251 Å². The van der Waals surface area contributed by atoms with Crippen molar-refractivity contribution in [2.45, 2.75) is 104 Å². The van der Waals surface area contributed by atoms with Crippen LogP contribution in [0.5, 0.6) is 0 Å². The zero-order valence-corrected chi connectivity index (χ0v) is 31.0. The van der Waals surface area contributed by atoms with Crippen LogP contribution in [0.2, 0.25) is 0 Å². The van der Waals surface area contributed by atoms with Gasteiger partial charge in [0, 0.05) is 55.4 Å². The van der Waals surface area contributed by atoms with Crippen LogP contribution in [0.1, 0.15) is 83.1 Å². The first-order chi connectivity index (χ1) is 17.1. The Hall–Kier alpha value is -0.316. The summed E-state index contributed by atoms with van der Waals surface area (Å²) in [5.74, 6) is 0. The molecule has 2 aromatic carbocycles. The van der Waals surface area contributed by atoms with Gasteiger partial charge in [0.25, 0.3) is 0 Å². The van der Waals surface area contributed by atoms with Gasteiger partial charge in [-0.3, -0.25) is 0 Å². The van der Waals surface area contributed by atoms with E-state index in [1.165, 1.54) is 11.4 Å². The van der Waals surface area contributed by atoms with Crippen LogP contribution in [0.25, 0.3) is 0 Å². The van der Waals surface area contributed by atoms with E-state index in [9.17, 15) is 0 Å². The molecule has 2 rings (SSSR count). The van der Waals surface area contributed by atoms with Crippen LogP contribution in [0.4, 0.5) is 11.4 Å². The van der Waals surface area contributed by atoms with Gasteiger partial charge in [0.15, 0.2) is 0 Å². The van der Waals surface area contributed by atoms with Crippen molar-refractivity contribution in [2.24, 2.45) is 0 Å². The quantitative estimate of drug-likeness (QED) is 0.247. The van der Waals surface area contributed by atoms with Crippen LogP contribution in [0.3, 0.4) is 0 Å². The van der Waals surface area contributed by atoms with E-state index in [-0.39, 0.29) is 0 Å². The van der Waals surface area contributed by atoms with Crippen LogP contribution in [-0.2, 0) is 14.6 Å². The molecule has 2 nitrogen and oxygen atoms in total. The van der Waals surface area contributed by atoms with E-state index < -0.39 is 15.8 Å². The Morgan fingerprint density at radius 1 is 0.447 bits per heavy atom. The van der Waals surface area contributed by atoms with Gasteiger partial charge in [-0.1, -0.05) is 0 Å². The third-order valence-electron chi connectivity index (χ3n) is 6.34. The van der Waals surface area contributed by atoms with E-state index in [2.05, 4.69) is 194 Å². The standard InChI is InChI=1S/2C16H28NP.ClH.Ni/c2*1-15(2,3)18(16(4,5)6)14-11-9-13(10-12-14)17(7)8;;/h2*9-12H,1-8H3;1H;/q;;;+1/p+1. The van der Waals surface area contributed by atoms with Crippen molar-refractivity contribution < 1.29 is 14.6 Å². The zero-order chi connectivity index (χ0) is 30.3. The molecule has 0 spiro atoms. The molecule has 2 aromatic rings. The Kier molecular flexibility index (Phi) is 14.9.